The highest BCUT2D eigenvalue weighted by molar-refractivity contribution is 14.1. The van der Waals surface area contributed by atoms with Crippen LogP contribution in [-0.4, -0.2) is 41.8 Å². The predicted octanol–water partition coefficient (Wildman–Crippen LogP) is 6.74. The number of ether oxygens (including phenoxy) is 1. The van der Waals surface area contributed by atoms with Crippen LogP contribution in [0.25, 0.3) is 0 Å². The lowest BCUT2D eigenvalue weighted by Crippen LogP contribution is -2.59. The highest BCUT2D eigenvalue weighted by atomic mass is 127. The number of nitrogens with zero attached hydrogens (tertiary/aromatic N) is 1. The maximum Gasteiger partial charge on any atom is 0.237 e. The van der Waals surface area contributed by atoms with Gasteiger partial charge < -0.3 is 20.3 Å². The lowest BCUT2D eigenvalue weighted by molar-refractivity contribution is -0.136. The number of hydrogen-bond acceptors (Lipinski definition) is 4. The Morgan fingerprint density at radius 3 is 2.58 bits per heavy atom. The third-order valence-corrected chi connectivity index (χ3v) is 10.4. The summed E-state index contributed by atoms with van der Waals surface area (Å²) in [6, 6.07) is 10.7. The zero-order valence-corrected chi connectivity index (χ0v) is 27.7. The van der Waals surface area contributed by atoms with Gasteiger partial charge in [-0.3, -0.25) is 14.4 Å². The fraction of sp³-hybridized carbons (Fsp3) is 0.424. The molecule has 3 amide bonds. The van der Waals surface area contributed by atoms with E-state index in [1.54, 1.807) is 12.1 Å². The summed E-state index contributed by atoms with van der Waals surface area (Å²) in [6.07, 6.45) is 7.86. The Hall–Kier alpha value is -2.56. The zero-order valence-electron chi connectivity index (χ0n) is 24.0. The van der Waals surface area contributed by atoms with Crippen molar-refractivity contribution in [3.8, 4) is 5.75 Å². The second kappa shape index (κ2) is 12.1. The number of carbonyl (C=O) groups is 3. The third kappa shape index (κ3) is 5.59. The van der Waals surface area contributed by atoms with Gasteiger partial charge in [-0.25, -0.2) is 0 Å². The first-order valence-corrected chi connectivity index (χ1v) is 16.6. The van der Waals surface area contributed by atoms with E-state index in [2.05, 4.69) is 39.3 Å². The number of fused-ring (bicyclic) bond motifs is 2. The molecule has 4 aliphatic rings. The number of nitrogens with one attached hydrogen (secondary N) is 2. The lowest BCUT2D eigenvalue weighted by Gasteiger charge is -2.49. The van der Waals surface area contributed by atoms with Crippen LogP contribution < -0.4 is 15.4 Å². The maximum atomic E-state index is 14.4. The van der Waals surface area contributed by atoms with E-state index in [9.17, 15) is 14.4 Å². The smallest absolute Gasteiger partial charge is 0.237 e. The van der Waals surface area contributed by atoms with E-state index in [0.29, 0.717) is 53.8 Å². The van der Waals surface area contributed by atoms with Crippen LogP contribution in [0.5, 0.6) is 5.75 Å². The number of rotatable bonds is 5. The van der Waals surface area contributed by atoms with Crippen molar-refractivity contribution in [3.63, 3.8) is 0 Å². The van der Waals surface area contributed by atoms with Crippen molar-refractivity contribution in [3.05, 3.63) is 79.4 Å². The highest BCUT2D eigenvalue weighted by Crippen LogP contribution is 2.58. The largest absolute Gasteiger partial charge is 0.490 e. The molecule has 3 heterocycles. The number of benzene rings is 2. The molecule has 2 N–H and O–H groups in total. The molecular formula is C33H34Cl2IN3O4. The predicted molar refractivity (Wildman–Crippen MR) is 176 cm³/mol. The molecule has 0 aromatic heterocycles. The Kier molecular flexibility index (Phi) is 8.56. The monoisotopic (exact) mass is 733 g/mol. The van der Waals surface area contributed by atoms with Gasteiger partial charge in [-0.1, -0.05) is 55.3 Å². The van der Waals surface area contributed by atoms with Crippen LogP contribution in [-0.2, 0) is 19.8 Å². The molecule has 0 saturated carbocycles. The average molecular weight is 734 g/mol. The number of hydrogen-bond donors (Lipinski definition) is 2. The Morgan fingerprint density at radius 2 is 1.86 bits per heavy atom. The summed E-state index contributed by atoms with van der Waals surface area (Å²) in [5.41, 5.74) is 1.08. The van der Waals surface area contributed by atoms with Crippen molar-refractivity contribution < 1.29 is 19.1 Å². The second-order valence-electron chi connectivity index (χ2n) is 12.2. The van der Waals surface area contributed by atoms with Crippen molar-refractivity contribution in [2.24, 2.45) is 17.8 Å². The van der Waals surface area contributed by atoms with Gasteiger partial charge in [0.05, 0.1) is 6.04 Å². The third-order valence-electron chi connectivity index (χ3n) is 9.21. The zero-order chi connectivity index (χ0) is 30.5. The molecule has 2 aromatic carbocycles. The van der Waals surface area contributed by atoms with Gasteiger partial charge in [0.2, 0.25) is 17.7 Å². The van der Waals surface area contributed by atoms with E-state index in [1.807, 2.05) is 55.2 Å². The van der Waals surface area contributed by atoms with Gasteiger partial charge in [0, 0.05) is 63.1 Å². The van der Waals surface area contributed by atoms with Crippen LogP contribution in [0.4, 0.5) is 5.69 Å². The molecule has 43 heavy (non-hydrogen) atoms. The molecular weight excluding hydrogens is 700 g/mol. The highest BCUT2D eigenvalue weighted by Gasteiger charge is 2.62. The van der Waals surface area contributed by atoms with Gasteiger partial charge >= 0.3 is 0 Å². The average Bonchev–Trinajstić information content (AvgIpc) is 3.25. The van der Waals surface area contributed by atoms with Gasteiger partial charge in [0.1, 0.15) is 17.3 Å². The number of amides is 3. The minimum atomic E-state index is -1.13. The van der Waals surface area contributed by atoms with Crippen LogP contribution >= 0.6 is 45.8 Å². The first-order chi connectivity index (χ1) is 20.6. The van der Waals surface area contributed by atoms with E-state index >= 15 is 0 Å². The van der Waals surface area contributed by atoms with Gasteiger partial charge in [0.15, 0.2) is 0 Å². The molecule has 2 unspecified atom stereocenters. The topological polar surface area (TPSA) is 87.7 Å². The molecule has 4 atom stereocenters. The normalized spacial score (nSPS) is 27.2. The number of allylic oxidation sites excluding steroid dienone is 4. The van der Waals surface area contributed by atoms with Crippen molar-refractivity contribution in [2.45, 2.75) is 57.1 Å². The molecule has 6 rings (SSSR count). The van der Waals surface area contributed by atoms with Crippen molar-refractivity contribution in [2.75, 3.05) is 18.4 Å². The summed E-state index contributed by atoms with van der Waals surface area (Å²) in [7, 11) is 0. The first-order valence-electron chi connectivity index (χ1n) is 14.8. The summed E-state index contributed by atoms with van der Waals surface area (Å²) in [4.78, 5) is 42.4. The minimum Gasteiger partial charge on any atom is -0.490 e. The lowest BCUT2D eigenvalue weighted by atomic mass is 9.57. The quantitative estimate of drug-likeness (QED) is 0.334. The van der Waals surface area contributed by atoms with Crippen LogP contribution in [0.3, 0.4) is 0 Å². The van der Waals surface area contributed by atoms with Crippen LogP contribution in [0.1, 0.15) is 56.7 Å². The number of likely N-dealkylation sites (tertiary alicyclic amines) is 1. The van der Waals surface area contributed by atoms with E-state index in [0.717, 1.165) is 14.7 Å². The van der Waals surface area contributed by atoms with E-state index < -0.39 is 11.5 Å². The van der Waals surface area contributed by atoms with E-state index in [1.165, 1.54) is 0 Å². The summed E-state index contributed by atoms with van der Waals surface area (Å²) in [5.74, 6) is -0.0593. The molecule has 2 saturated heterocycles. The minimum absolute atomic E-state index is 0.0426. The molecule has 1 spiro atoms. The van der Waals surface area contributed by atoms with Crippen LogP contribution in [0, 0.1) is 21.3 Å². The Morgan fingerprint density at radius 1 is 1.09 bits per heavy atom. The molecule has 3 aliphatic heterocycles. The summed E-state index contributed by atoms with van der Waals surface area (Å²) in [6.45, 7) is 5.10. The van der Waals surface area contributed by atoms with Crippen LogP contribution in [0.15, 0.2) is 59.7 Å². The standard InChI is InChI=1S/C33H34Cl2IN3O4/c1-18(2)31(41)39-12-10-23(11-13-39)43-28-9-7-22(36)16-24(28)30-33(25-8-6-21(35)15-27(25)37-32(33)42)26(17-29(40)38-30)19-4-3-5-20(34)14-19/h3-9,15-16,18-19,23,26,30H,10-14,17H2,1-2H3,(H,37,42)(H,38,40)/t19?,26-,30?,33-/m0/s1. The molecule has 226 valence electrons. The Balaban J connectivity index is 1.43. The van der Waals surface area contributed by atoms with Gasteiger partial charge in [0.25, 0.3) is 0 Å². The fourth-order valence-corrected chi connectivity index (χ4v) is 8.17. The molecule has 10 heteroatoms. The number of halogens is 3. The SMILES string of the molecule is CC(C)C(=O)N1CCC(Oc2ccc(I)cc2C2NC(=O)C[C@@H](C3C=CC=C(Cl)C3)[C@]23C(=O)Nc2cc(Cl)ccc23)CC1. The molecule has 2 fully saturated rings. The van der Waals surface area contributed by atoms with E-state index in [4.69, 9.17) is 27.9 Å². The Labute approximate surface area is 275 Å². The molecule has 7 nitrogen and oxygen atoms in total. The number of anilines is 1. The summed E-state index contributed by atoms with van der Waals surface area (Å²) >= 11 is 15.2. The molecule has 0 radical (unpaired) electrons. The summed E-state index contributed by atoms with van der Waals surface area (Å²) in [5, 5.41) is 7.55. The molecule has 1 aliphatic carbocycles. The fourth-order valence-electron chi connectivity index (χ4n) is 7.24. The summed E-state index contributed by atoms with van der Waals surface area (Å²) < 4.78 is 7.63. The molecule has 2 aromatic rings. The number of piperidine rings is 2. The van der Waals surface area contributed by atoms with Gasteiger partial charge in [-0.05, 0) is 82.8 Å². The van der Waals surface area contributed by atoms with Crippen molar-refractivity contribution >= 4 is 69.2 Å². The number of carbonyl (C=O) groups excluding carboxylic acids is 3. The second-order valence-corrected chi connectivity index (χ2v) is 14.3. The van der Waals surface area contributed by atoms with E-state index in [-0.39, 0.29) is 48.0 Å². The first kappa shape index (κ1) is 30.5. The molecule has 0 bridgehead atoms. The van der Waals surface area contributed by atoms with Crippen molar-refractivity contribution in [1.29, 1.82) is 0 Å². The van der Waals surface area contributed by atoms with Crippen molar-refractivity contribution in [1.82, 2.24) is 10.2 Å². The maximum absolute atomic E-state index is 14.4. The Bertz CT molecular complexity index is 1530. The van der Waals surface area contributed by atoms with Crippen LogP contribution in [0.2, 0.25) is 5.02 Å². The van der Waals surface area contributed by atoms with Gasteiger partial charge in [-0.2, -0.15) is 0 Å². The van der Waals surface area contributed by atoms with Gasteiger partial charge in [-0.15, -0.1) is 0 Å².